The summed E-state index contributed by atoms with van der Waals surface area (Å²) in [5.41, 5.74) is 0.712. The van der Waals surface area contributed by atoms with E-state index in [0.717, 1.165) is 52.3 Å². The second-order valence-electron chi connectivity index (χ2n) is 9.60. The molecule has 1 amide bonds. The number of amides is 1. The molecule has 6 heteroatoms. The van der Waals surface area contributed by atoms with E-state index < -0.39 is 0 Å². The molecular weight excluding hydrogens is 411 g/mol. The van der Waals surface area contributed by atoms with Crippen molar-refractivity contribution in [3.05, 3.63) is 51.5 Å². The Kier molecular flexibility index (Phi) is 5.69. The minimum atomic E-state index is -0.241. The summed E-state index contributed by atoms with van der Waals surface area (Å²) in [6.45, 7) is 1.22. The SMILES string of the molecule is COCCn1cc(/C=C/c2ccc(F)cc2)sc1=NC(=O)C12CC3CC(CC(C3)C1)C2. The number of aromatic nitrogens is 1. The van der Waals surface area contributed by atoms with Gasteiger partial charge in [0.1, 0.15) is 5.82 Å². The molecule has 1 aromatic heterocycles. The highest BCUT2D eigenvalue weighted by molar-refractivity contribution is 7.10. The molecule has 2 aromatic rings. The molecule has 1 aromatic carbocycles. The van der Waals surface area contributed by atoms with Crippen LogP contribution in [0, 0.1) is 29.0 Å². The second kappa shape index (κ2) is 8.47. The van der Waals surface area contributed by atoms with Crippen molar-refractivity contribution in [2.75, 3.05) is 13.7 Å². The largest absolute Gasteiger partial charge is 0.383 e. The first-order chi connectivity index (χ1) is 15.0. The summed E-state index contributed by atoms with van der Waals surface area (Å²) in [4.78, 5) is 19.9. The maximum Gasteiger partial charge on any atom is 0.254 e. The lowest BCUT2D eigenvalue weighted by molar-refractivity contribution is -0.142. The highest BCUT2D eigenvalue weighted by atomic mass is 32.1. The van der Waals surface area contributed by atoms with Crippen molar-refractivity contribution in [2.45, 2.75) is 45.1 Å². The van der Waals surface area contributed by atoms with E-state index >= 15 is 0 Å². The summed E-state index contributed by atoms with van der Waals surface area (Å²) >= 11 is 1.52. The number of ether oxygens (including phenoxy) is 1. The zero-order valence-electron chi connectivity index (χ0n) is 17.9. The first kappa shape index (κ1) is 20.8. The third kappa shape index (κ3) is 4.33. The van der Waals surface area contributed by atoms with Gasteiger partial charge in [-0.15, -0.1) is 0 Å². The van der Waals surface area contributed by atoms with Crippen LogP contribution in [0.15, 0.2) is 35.5 Å². The number of carbonyl (C=O) groups excluding carboxylic acids is 1. The first-order valence-corrected chi connectivity index (χ1v) is 12.1. The number of nitrogens with zero attached hydrogens (tertiary/aromatic N) is 2. The van der Waals surface area contributed by atoms with E-state index in [9.17, 15) is 9.18 Å². The van der Waals surface area contributed by atoms with Crippen LogP contribution in [0.3, 0.4) is 0 Å². The molecule has 4 aliphatic carbocycles. The fourth-order valence-corrected chi connectivity index (χ4v) is 7.16. The van der Waals surface area contributed by atoms with E-state index in [4.69, 9.17) is 9.73 Å². The lowest BCUT2D eigenvalue weighted by Gasteiger charge is -2.55. The monoisotopic (exact) mass is 440 g/mol. The van der Waals surface area contributed by atoms with E-state index in [1.807, 2.05) is 22.9 Å². The molecule has 0 atom stereocenters. The van der Waals surface area contributed by atoms with Crippen molar-refractivity contribution >= 4 is 29.4 Å². The molecule has 0 aliphatic heterocycles. The number of hydrogen-bond acceptors (Lipinski definition) is 3. The van der Waals surface area contributed by atoms with Crippen LogP contribution in [0.1, 0.15) is 49.0 Å². The predicted octanol–water partition coefficient (Wildman–Crippen LogP) is 5.15. The quantitative estimate of drug-likeness (QED) is 0.624. The molecule has 0 N–H and O–H groups in total. The van der Waals surface area contributed by atoms with Gasteiger partial charge in [-0.2, -0.15) is 4.99 Å². The number of methoxy groups -OCH3 is 1. The van der Waals surface area contributed by atoms with Crippen LogP contribution in [0.25, 0.3) is 12.2 Å². The predicted molar refractivity (Wildman–Crippen MR) is 121 cm³/mol. The normalized spacial score (nSPS) is 29.9. The van der Waals surface area contributed by atoms with Gasteiger partial charge in [0.15, 0.2) is 4.80 Å². The van der Waals surface area contributed by atoms with Crippen molar-refractivity contribution in [3.63, 3.8) is 0 Å². The topological polar surface area (TPSA) is 43.6 Å². The van der Waals surface area contributed by atoms with E-state index in [2.05, 4.69) is 0 Å². The van der Waals surface area contributed by atoms with Crippen LogP contribution in [-0.2, 0) is 16.1 Å². The average molecular weight is 441 g/mol. The molecule has 4 saturated carbocycles. The highest BCUT2D eigenvalue weighted by Gasteiger charge is 2.54. The molecule has 4 nitrogen and oxygen atoms in total. The van der Waals surface area contributed by atoms with E-state index in [-0.39, 0.29) is 17.1 Å². The van der Waals surface area contributed by atoms with Gasteiger partial charge in [-0.1, -0.05) is 29.5 Å². The van der Waals surface area contributed by atoms with Crippen molar-refractivity contribution in [3.8, 4) is 0 Å². The molecule has 1 heterocycles. The summed E-state index contributed by atoms with van der Waals surface area (Å²) in [5, 5.41) is 0. The number of benzene rings is 1. The lowest BCUT2D eigenvalue weighted by Crippen LogP contribution is -2.50. The van der Waals surface area contributed by atoms with E-state index in [0.29, 0.717) is 13.2 Å². The second-order valence-corrected chi connectivity index (χ2v) is 10.6. The molecule has 164 valence electrons. The Morgan fingerprint density at radius 3 is 2.42 bits per heavy atom. The lowest BCUT2D eigenvalue weighted by atomic mass is 9.49. The number of thiazole rings is 1. The summed E-state index contributed by atoms with van der Waals surface area (Å²) in [5.74, 6) is 2.03. The molecule has 31 heavy (non-hydrogen) atoms. The van der Waals surface area contributed by atoms with Gasteiger partial charge in [-0.25, -0.2) is 4.39 Å². The van der Waals surface area contributed by atoms with Gasteiger partial charge in [0, 0.05) is 24.7 Å². The molecule has 4 bridgehead atoms. The number of halogens is 1. The van der Waals surface area contributed by atoms with Gasteiger partial charge in [0.2, 0.25) is 0 Å². The van der Waals surface area contributed by atoms with Gasteiger partial charge in [0.25, 0.3) is 5.91 Å². The Labute approximate surface area is 186 Å². The zero-order chi connectivity index (χ0) is 21.4. The summed E-state index contributed by atoms with van der Waals surface area (Å²) < 4.78 is 20.4. The van der Waals surface area contributed by atoms with Gasteiger partial charge in [-0.3, -0.25) is 4.79 Å². The summed E-state index contributed by atoms with van der Waals surface area (Å²) in [6.07, 6.45) is 13.0. The summed E-state index contributed by atoms with van der Waals surface area (Å²) in [7, 11) is 1.68. The third-order valence-electron chi connectivity index (χ3n) is 7.27. The third-order valence-corrected chi connectivity index (χ3v) is 8.26. The van der Waals surface area contributed by atoms with Crippen molar-refractivity contribution in [1.29, 1.82) is 0 Å². The maximum atomic E-state index is 13.5. The van der Waals surface area contributed by atoms with Crippen LogP contribution < -0.4 is 4.80 Å². The Bertz CT molecular complexity index is 1010. The molecule has 4 aliphatic rings. The van der Waals surface area contributed by atoms with Gasteiger partial charge in [0.05, 0.1) is 12.0 Å². The van der Waals surface area contributed by atoms with Crippen molar-refractivity contribution in [2.24, 2.45) is 28.2 Å². The Morgan fingerprint density at radius 1 is 1.16 bits per heavy atom. The molecule has 0 radical (unpaired) electrons. The van der Waals surface area contributed by atoms with E-state index in [1.54, 1.807) is 19.2 Å². The Hall–Kier alpha value is -2.05. The van der Waals surface area contributed by atoms with Crippen LogP contribution in [0.2, 0.25) is 0 Å². The zero-order valence-corrected chi connectivity index (χ0v) is 18.7. The average Bonchev–Trinajstić information content (AvgIpc) is 3.12. The molecular formula is C25H29FN2O2S. The molecule has 6 rings (SSSR count). The van der Waals surface area contributed by atoms with Gasteiger partial charge >= 0.3 is 0 Å². The fraction of sp³-hybridized carbons (Fsp3) is 0.520. The maximum absolute atomic E-state index is 13.5. The Morgan fingerprint density at radius 2 is 1.81 bits per heavy atom. The highest BCUT2D eigenvalue weighted by Crippen LogP contribution is 2.60. The molecule has 4 fully saturated rings. The minimum absolute atomic E-state index is 0.0914. The standard InChI is InChI=1S/C25H29FN2O2S/c1-30-9-8-28-16-22(7-4-17-2-5-21(26)6-3-17)31-24(28)27-23(29)25-13-18-10-19(14-25)12-20(11-18)15-25/h2-7,16,18-20H,8-15H2,1H3/b7-4+,27-24?. The number of rotatable bonds is 6. The minimum Gasteiger partial charge on any atom is -0.383 e. The molecule has 0 spiro atoms. The Balaban J connectivity index is 1.42. The van der Waals surface area contributed by atoms with Crippen molar-refractivity contribution < 1.29 is 13.9 Å². The first-order valence-electron chi connectivity index (χ1n) is 11.2. The van der Waals surface area contributed by atoms with Crippen LogP contribution in [0.5, 0.6) is 0 Å². The van der Waals surface area contributed by atoms with Gasteiger partial charge in [-0.05, 0) is 80.1 Å². The number of hydrogen-bond donors (Lipinski definition) is 0. The van der Waals surface area contributed by atoms with Crippen LogP contribution >= 0.6 is 11.3 Å². The summed E-state index contributed by atoms with van der Waals surface area (Å²) in [6, 6.07) is 6.41. The number of carbonyl (C=O) groups is 1. The molecule has 0 saturated heterocycles. The molecule has 0 unspecified atom stereocenters. The fourth-order valence-electron chi connectivity index (χ4n) is 6.24. The van der Waals surface area contributed by atoms with Gasteiger partial charge < -0.3 is 9.30 Å². The van der Waals surface area contributed by atoms with Crippen LogP contribution in [-0.4, -0.2) is 24.2 Å². The van der Waals surface area contributed by atoms with Crippen LogP contribution in [0.4, 0.5) is 4.39 Å². The van der Waals surface area contributed by atoms with E-state index in [1.165, 1.54) is 42.7 Å². The van der Waals surface area contributed by atoms with Crippen molar-refractivity contribution in [1.82, 2.24) is 4.57 Å². The smallest absolute Gasteiger partial charge is 0.254 e.